The molecule has 2 aliphatic heterocycles. The van der Waals surface area contributed by atoms with Crippen LogP contribution in [0.5, 0.6) is 0 Å². The molecule has 0 aromatic carbocycles. The van der Waals surface area contributed by atoms with Gasteiger partial charge in [-0.1, -0.05) is 13.8 Å². The number of nitrogens with zero attached hydrogens (tertiary/aromatic N) is 1. The summed E-state index contributed by atoms with van der Waals surface area (Å²) in [6, 6.07) is 0.625. The van der Waals surface area contributed by atoms with Gasteiger partial charge in [0.15, 0.2) is 0 Å². The quantitative estimate of drug-likeness (QED) is 0.794. The number of ether oxygens (including phenoxy) is 1. The molecule has 0 radical (unpaired) electrons. The van der Waals surface area contributed by atoms with Crippen LogP contribution < -0.4 is 5.32 Å². The second kappa shape index (κ2) is 6.72. The van der Waals surface area contributed by atoms with E-state index in [0.29, 0.717) is 12.1 Å². The summed E-state index contributed by atoms with van der Waals surface area (Å²) in [5.41, 5.74) is 0. The van der Waals surface area contributed by atoms with E-state index in [1.54, 1.807) is 0 Å². The normalized spacial score (nSPS) is 28.1. The molecule has 2 fully saturated rings. The van der Waals surface area contributed by atoms with E-state index in [9.17, 15) is 0 Å². The van der Waals surface area contributed by atoms with Crippen LogP contribution in [0.2, 0.25) is 0 Å². The number of hydrogen-bond acceptors (Lipinski definition) is 3. The molecule has 1 N–H and O–H groups in total. The predicted molar refractivity (Wildman–Crippen MR) is 71.3 cm³/mol. The third-order valence-electron chi connectivity index (χ3n) is 4.01. The Labute approximate surface area is 106 Å². The fraction of sp³-hybridized carbons (Fsp3) is 1.00. The van der Waals surface area contributed by atoms with Crippen LogP contribution in [0.15, 0.2) is 0 Å². The third-order valence-corrected chi connectivity index (χ3v) is 4.01. The summed E-state index contributed by atoms with van der Waals surface area (Å²) >= 11 is 0. The summed E-state index contributed by atoms with van der Waals surface area (Å²) in [4.78, 5) is 2.60. The second-order valence-electron chi connectivity index (χ2n) is 5.94. The second-order valence-corrected chi connectivity index (χ2v) is 5.94. The molecule has 0 amide bonds. The van der Waals surface area contributed by atoms with Crippen LogP contribution in [0.1, 0.15) is 39.5 Å². The van der Waals surface area contributed by atoms with E-state index in [1.807, 2.05) is 0 Å². The standard InChI is InChI=1S/C14H28N2O/c1-12(2)15-10-13-5-7-16(8-6-13)11-14-4-3-9-17-14/h12-15H,3-11H2,1-2H3. The molecule has 3 heteroatoms. The molecule has 2 heterocycles. The molecule has 0 aromatic rings. The van der Waals surface area contributed by atoms with Crippen LogP contribution >= 0.6 is 0 Å². The van der Waals surface area contributed by atoms with E-state index in [1.165, 1.54) is 51.9 Å². The van der Waals surface area contributed by atoms with E-state index < -0.39 is 0 Å². The fourth-order valence-electron chi connectivity index (χ4n) is 2.85. The Balaban J connectivity index is 1.60. The van der Waals surface area contributed by atoms with Crippen molar-refractivity contribution < 1.29 is 4.74 Å². The highest BCUT2D eigenvalue weighted by Gasteiger charge is 2.23. The molecule has 0 bridgehead atoms. The van der Waals surface area contributed by atoms with Crippen molar-refractivity contribution in [1.29, 1.82) is 0 Å². The minimum Gasteiger partial charge on any atom is -0.377 e. The Morgan fingerprint density at radius 3 is 2.59 bits per heavy atom. The first-order valence-corrected chi connectivity index (χ1v) is 7.31. The molecule has 100 valence electrons. The van der Waals surface area contributed by atoms with Crippen LogP contribution in [0.25, 0.3) is 0 Å². The molecule has 2 saturated heterocycles. The predicted octanol–water partition coefficient (Wildman–Crippen LogP) is 1.88. The molecule has 0 aliphatic carbocycles. The van der Waals surface area contributed by atoms with E-state index in [2.05, 4.69) is 24.1 Å². The van der Waals surface area contributed by atoms with Gasteiger partial charge in [0.25, 0.3) is 0 Å². The summed E-state index contributed by atoms with van der Waals surface area (Å²) in [6.07, 6.45) is 5.77. The van der Waals surface area contributed by atoms with E-state index in [0.717, 1.165) is 12.5 Å². The van der Waals surface area contributed by atoms with Gasteiger partial charge in [0.05, 0.1) is 6.10 Å². The molecule has 0 aromatic heterocycles. The molecule has 1 unspecified atom stereocenters. The molecule has 2 rings (SSSR count). The van der Waals surface area contributed by atoms with Gasteiger partial charge in [0.1, 0.15) is 0 Å². The third kappa shape index (κ3) is 4.57. The Hall–Kier alpha value is -0.120. The SMILES string of the molecule is CC(C)NCC1CCN(CC2CCCO2)CC1. The first kappa shape index (κ1) is 13.3. The van der Waals surface area contributed by atoms with Crippen molar-refractivity contribution in [3.05, 3.63) is 0 Å². The average molecular weight is 240 g/mol. The maximum absolute atomic E-state index is 5.71. The molecule has 0 spiro atoms. The molecular weight excluding hydrogens is 212 g/mol. The Morgan fingerprint density at radius 1 is 1.24 bits per heavy atom. The lowest BCUT2D eigenvalue weighted by Gasteiger charge is -2.33. The van der Waals surface area contributed by atoms with Crippen LogP contribution in [0.3, 0.4) is 0 Å². The minimum atomic E-state index is 0.528. The van der Waals surface area contributed by atoms with Gasteiger partial charge in [-0.05, 0) is 51.2 Å². The molecule has 2 aliphatic rings. The first-order chi connectivity index (χ1) is 8.24. The highest BCUT2D eigenvalue weighted by Crippen LogP contribution is 2.19. The van der Waals surface area contributed by atoms with Gasteiger partial charge in [-0.25, -0.2) is 0 Å². The van der Waals surface area contributed by atoms with Crippen molar-refractivity contribution in [2.24, 2.45) is 5.92 Å². The van der Waals surface area contributed by atoms with Crippen molar-refractivity contribution >= 4 is 0 Å². The van der Waals surface area contributed by atoms with E-state index >= 15 is 0 Å². The van der Waals surface area contributed by atoms with Crippen molar-refractivity contribution in [3.8, 4) is 0 Å². The number of likely N-dealkylation sites (tertiary alicyclic amines) is 1. The van der Waals surface area contributed by atoms with Crippen molar-refractivity contribution in [3.63, 3.8) is 0 Å². The van der Waals surface area contributed by atoms with Crippen molar-refractivity contribution in [1.82, 2.24) is 10.2 Å². The average Bonchev–Trinajstić information content (AvgIpc) is 2.81. The zero-order chi connectivity index (χ0) is 12.1. The maximum atomic E-state index is 5.71. The monoisotopic (exact) mass is 240 g/mol. The molecule has 1 atom stereocenters. The van der Waals surface area contributed by atoms with Gasteiger partial charge in [-0.3, -0.25) is 0 Å². The lowest BCUT2D eigenvalue weighted by atomic mass is 9.96. The fourth-order valence-corrected chi connectivity index (χ4v) is 2.85. The largest absolute Gasteiger partial charge is 0.377 e. The first-order valence-electron chi connectivity index (χ1n) is 7.31. The highest BCUT2D eigenvalue weighted by molar-refractivity contribution is 4.77. The summed E-state index contributed by atoms with van der Waals surface area (Å²) < 4.78 is 5.71. The van der Waals surface area contributed by atoms with Crippen LogP contribution in [0.4, 0.5) is 0 Å². The van der Waals surface area contributed by atoms with E-state index in [4.69, 9.17) is 4.74 Å². The van der Waals surface area contributed by atoms with Gasteiger partial charge in [-0.2, -0.15) is 0 Å². The van der Waals surface area contributed by atoms with Crippen LogP contribution in [-0.2, 0) is 4.74 Å². The van der Waals surface area contributed by atoms with Crippen molar-refractivity contribution in [2.75, 3.05) is 32.8 Å². The van der Waals surface area contributed by atoms with Gasteiger partial charge in [-0.15, -0.1) is 0 Å². The Kier molecular flexibility index (Phi) is 5.26. The van der Waals surface area contributed by atoms with E-state index in [-0.39, 0.29) is 0 Å². The lowest BCUT2D eigenvalue weighted by molar-refractivity contribution is 0.0597. The molecule has 17 heavy (non-hydrogen) atoms. The van der Waals surface area contributed by atoms with Gasteiger partial charge < -0.3 is 15.0 Å². The molecule has 0 saturated carbocycles. The summed E-state index contributed by atoms with van der Waals surface area (Å²) in [5, 5.41) is 3.56. The zero-order valence-electron chi connectivity index (χ0n) is 11.5. The number of hydrogen-bond donors (Lipinski definition) is 1. The van der Waals surface area contributed by atoms with Crippen LogP contribution in [0, 0.1) is 5.92 Å². The maximum Gasteiger partial charge on any atom is 0.0702 e. The smallest absolute Gasteiger partial charge is 0.0702 e. The summed E-state index contributed by atoms with van der Waals surface area (Å²) in [6.45, 7) is 10.4. The highest BCUT2D eigenvalue weighted by atomic mass is 16.5. The Morgan fingerprint density at radius 2 is 2.00 bits per heavy atom. The number of rotatable bonds is 5. The van der Waals surface area contributed by atoms with Crippen LogP contribution in [-0.4, -0.2) is 49.8 Å². The summed E-state index contributed by atoms with van der Waals surface area (Å²) in [5.74, 6) is 0.887. The van der Waals surface area contributed by atoms with Gasteiger partial charge in [0.2, 0.25) is 0 Å². The Bertz CT molecular complexity index is 206. The van der Waals surface area contributed by atoms with Gasteiger partial charge >= 0.3 is 0 Å². The minimum absolute atomic E-state index is 0.528. The summed E-state index contributed by atoms with van der Waals surface area (Å²) in [7, 11) is 0. The molecule has 3 nitrogen and oxygen atoms in total. The number of nitrogens with one attached hydrogen (secondary N) is 1. The number of piperidine rings is 1. The topological polar surface area (TPSA) is 24.5 Å². The lowest BCUT2D eigenvalue weighted by Crippen LogP contribution is -2.41. The van der Waals surface area contributed by atoms with Crippen molar-refractivity contribution in [2.45, 2.75) is 51.7 Å². The molecular formula is C14H28N2O. The zero-order valence-corrected chi connectivity index (χ0v) is 11.5. The van der Waals surface area contributed by atoms with Gasteiger partial charge in [0, 0.05) is 19.2 Å².